The molecule has 0 spiro atoms. The first-order valence-electron chi connectivity index (χ1n) is 9.45. The Balaban J connectivity index is 2.15. The van der Waals surface area contributed by atoms with Crippen molar-refractivity contribution in [3.05, 3.63) is 58.7 Å². The van der Waals surface area contributed by atoms with E-state index in [1.165, 1.54) is 12.6 Å². The van der Waals surface area contributed by atoms with E-state index in [1.54, 1.807) is 6.92 Å². The van der Waals surface area contributed by atoms with Crippen molar-refractivity contribution in [2.24, 2.45) is 13.0 Å². The van der Waals surface area contributed by atoms with E-state index < -0.39 is 11.9 Å². The van der Waals surface area contributed by atoms with Crippen molar-refractivity contribution >= 4 is 11.6 Å². The average Bonchev–Trinajstić information content (AvgIpc) is 2.84. The molecule has 0 fully saturated rings. The number of aryl methyl sites for hydroxylation is 2. The second-order valence-electron chi connectivity index (χ2n) is 7.62. The van der Waals surface area contributed by atoms with Crippen LogP contribution in [0.4, 0.5) is 10.1 Å². The summed E-state index contributed by atoms with van der Waals surface area (Å²) in [6, 6.07) is 7.74. The van der Waals surface area contributed by atoms with Crippen LogP contribution in [0.3, 0.4) is 0 Å². The fourth-order valence-corrected chi connectivity index (χ4v) is 3.43. The molecule has 0 radical (unpaired) electrons. The summed E-state index contributed by atoms with van der Waals surface area (Å²) in [4.78, 5) is 12.6. The molecule has 2 rings (SSSR count). The van der Waals surface area contributed by atoms with Gasteiger partial charge in [0.25, 0.3) is 5.91 Å². The summed E-state index contributed by atoms with van der Waals surface area (Å²) in [5.41, 5.74) is 3.51. The zero-order chi connectivity index (χ0) is 20.1. The summed E-state index contributed by atoms with van der Waals surface area (Å²) < 4.78 is 15.3. The predicted molar refractivity (Wildman–Crippen MR) is 109 cm³/mol. The molecular weight excluding hydrogens is 341 g/mol. The summed E-state index contributed by atoms with van der Waals surface area (Å²) in [5, 5.41) is 6.86. The summed E-state index contributed by atoms with van der Waals surface area (Å²) in [7, 11) is 1.49. The third kappa shape index (κ3) is 5.28. The Labute approximate surface area is 161 Å². The van der Waals surface area contributed by atoms with Crippen LogP contribution >= 0.6 is 0 Å². The Morgan fingerprint density at radius 2 is 1.93 bits per heavy atom. The first-order valence-corrected chi connectivity index (χ1v) is 9.45. The molecule has 2 aromatic rings. The van der Waals surface area contributed by atoms with Crippen LogP contribution in [0.1, 0.15) is 68.1 Å². The van der Waals surface area contributed by atoms with Gasteiger partial charge in [0, 0.05) is 12.7 Å². The molecule has 146 valence electrons. The number of benzene rings is 1. The van der Waals surface area contributed by atoms with Crippen LogP contribution in [0.25, 0.3) is 0 Å². The SMILES string of the molecule is CC(C)=CC(C)CCC(C)c1ccccc1NC(=O)c1c(C)nn(C)c1F. The molecule has 1 aromatic heterocycles. The van der Waals surface area contributed by atoms with Crippen molar-refractivity contribution in [3.8, 4) is 0 Å². The number of carbonyl (C=O) groups excluding carboxylic acids is 1. The summed E-state index contributed by atoms with van der Waals surface area (Å²) in [6.45, 7) is 10.3. The van der Waals surface area contributed by atoms with E-state index in [1.807, 2.05) is 24.3 Å². The van der Waals surface area contributed by atoms with Gasteiger partial charge in [-0.25, -0.2) is 4.68 Å². The van der Waals surface area contributed by atoms with Gasteiger partial charge in [-0.3, -0.25) is 4.79 Å². The molecule has 4 nitrogen and oxygen atoms in total. The second-order valence-corrected chi connectivity index (χ2v) is 7.62. The number of halogens is 1. The van der Waals surface area contributed by atoms with Crippen LogP contribution in [-0.4, -0.2) is 15.7 Å². The Bertz CT molecular complexity index is 834. The molecule has 0 bridgehead atoms. The van der Waals surface area contributed by atoms with Gasteiger partial charge >= 0.3 is 0 Å². The largest absolute Gasteiger partial charge is 0.322 e. The molecule has 0 aliphatic carbocycles. The van der Waals surface area contributed by atoms with E-state index in [-0.39, 0.29) is 11.5 Å². The zero-order valence-corrected chi connectivity index (χ0v) is 17.1. The lowest BCUT2D eigenvalue weighted by Gasteiger charge is -2.18. The maximum Gasteiger partial charge on any atom is 0.262 e. The minimum absolute atomic E-state index is 0.00265. The van der Waals surface area contributed by atoms with Crippen molar-refractivity contribution in [3.63, 3.8) is 0 Å². The molecule has 2 unspecified atom stereocenters. The van der Waals surface area contributed by atoms with Gasteiger partial charge in [0.15, 0.2) is 0 Å². The van der Waals surface area contributed by atoms with Gasteiger partial charge in [-0.1, -0.05) is 43.7 Å². The highest BCUT2D eigenvalue weighted by atomic mass is 19.1. The van der Waals surface area contributed by atoms with Crippen molar-refractivity contribution in [1.82, 2.24) is 9.78 Å². The zero-order valence-electron chi connectivity index (χ0n) is 17.1. The van der Waals surface area contributed by atoms with Gasteiger partial charge < -0.3 is 5.32 Å². The van der Waals surface area contributed by atoms with E-state index in [2.05, 4.69) is 44.2 Å². The summed E-state index contributed by atoms with van der Waals surface area (Å²) >= 11 is 0. The maximum atomic E-state index is 14.2. The number of carbonyl (C=O) groups is 1. The van der Waals surface area contributed by atoms with Crippen LogP contribution in [-0.2, 0) is 7.05 Å². The molecule has 5 heteroatoms. The highest BCUT2D eigenvalue weighted by molar-refractivity contribution is 6.05. The maximum absolute atomic E-state index is 14.2. The van der Waals surface area contributed by atoms with Gasteiger partial charge in [0.1, 0.15) is 5.56 Å². The molecule has 0 saturated heterocycles. The molecule has 2 atom stereocenters. The molecule has 27 heavy (non-hydrogen) atoms. The molecule has 0 saturated carbocycles. The third-order valence-corrected chi connectivity index (χ3v) is 4.79. The van der Waals surface area contributed by atoms with Crippen molar-refractivity contribution in [2.45, 2.75) is 53.4 Å². The van der Waals surface area contributed by atoms with Crippen LogP contribution in [0.5, 0.6) is 0 Å². The Morgan fingerprint density at radius 3 is 2.52 bits per heavy atom. The number of anilines is 1. The lowest BCUT2D eigenvalue weighted by atomic mass is 9.90. The number of nitrogens with one attached hydrogen (secondary N) is 1. The van der Waals surface area contributed by atoms with Gasteiger partial charge in [0.05, 0.1) is 5.69 Å². The molecule has 0 aliphatic rings. The monoisotopic (exact) mass is 371 g/mol. The molecule has 1 aromatic carbocycles. The van der Waals surface area contributed by atoms with E-state index in [9.17, 15) is 9.18 Å². The quantitative estimate of drug-likeness (QED) is 0.643. The van der Waals surface area contributed by atoms with Gasteiger partial charge in [0.2, 0.25) is 5.95 Å². The van der Waals surface area contributed by atoms with Crippen LogP contribution in [0.2, 0.25) is 0 Å². The second kappa shape index (κ2) is 8.98. The third-order valence-electron chi connectivity index (χ3n) is 4.79. The Kier molecular flexibility index (Phi) is 6.94. The van der Waals surface area contributed by atoms with Crippen molar-refractivity contribution in [1.29, 1.82) is 0 Å². The van der Waals surface area contributed by atoms with Crippen LogP contribution in [0, 0.1) is 18.8 Å². The standard InChI is InChI=1S/C22H30FN3O/c1-14(2)13-15(3)11-12-16(4)18-9-7-8-10-19(18)24-22(27)20-17(5)25-26(6)21(20)23/h7-10,13,15-16H,11-12H2,1-6H3,(H,24,27). The average molecular weight is 372 g/mol. The molecular formula is C22H30FN3O. The van der Waals surface area contributed by atoms with E-state index >= 15 is 0 Å². The summed E-state index contributed by atoms with van der Waals surface area (Å²) in [5.74, 6) is -0.276. The first-order chi connectivity index (χ1) is 12.7. The molecule has 1 amide bonds. The van der Waals surface area contributed by atoms with Crippen molar-refractivity contribution in [2.75, 3.05) is 5.32 Å². The topological polar surface area (TPSA) is 46.9 Å². The molecule has 1 heterocycles. The highest BCUT2D eigenvalue weighted by Gasteiger charge is 2.22. The van der Waals surface area contributed by atoms with E-state index in [0.29, 0.717) is 11.6 Å². The number of amides is 1. The Morgan fingerprint density at radius 1 is 1.26 bits per heavy atom. The minimum Gasteiger partial charge on any atom is -0.322 e. The molecule has 0 aliphatic heterocycles. The number of para-hydroxylation sites is 1. The lowest BCUT2D eigenvalue weighted by molar-refractivity contribution is 0.102. The normalized spacial score (nSPS) is 13.1. The molecule has 1 N–H and O–H groups in total. The Hall–Kier alpha value is -2.43. The van der Waals surface area contributed by atoms with Gasteiger partial charge in [-0.15, -0.1) is 0 Å². The smallest absolute Gasteiger partial charge is 0.262 e. The number of allylic oxidation sites excluding steroid dienone is 2. The predicted octanol–water partition coefficient (Wildman–Crippen LogP) is 5.61. The fourth-order valence-electron chi connectivity index (χ4n) is 3.43. The van der Waals surface area contributed by atoms with E-state index in [0.717, 1.165) is 28.8 Å². The van der Waals surface area contributed by atoms with Gasteiger partial charge in [-0.2, -0.15) is 9.49 Å². The van der Waals surface area contributed by atoms with Crippen LogP contribution in [0.15, 0.2) is 35.9 Å². The first kappa shape index (κ1) is 20.9. The van der Waals surface area contributed by atoms with Crippen LogP contribution < -0.4 is 5.32 Å². The summed E-state index contributed by atoms with van der Waals surface area (Å²) in [6.07, 6.45) is 4.37. The minimum atomic E-state index is -0.619. The number of hydrogen-bond acceptors (Lipinski definition) is 2. The lowest BCUT2D eigenvalue weighted by Crippen LogP contribution is -2.16. The number of rotatable bonds is 7. The number of hydrogen-bond donors (Lipinski definition) is 1. The highest BCUT2D eigenvalue weighted by Crippen LogP contribution is 2.30. The van der Waals surface area contributed by atoms with E-state index in [4.69, 9.17) is 0 Å². The number of nitrogens with zero attached hydrogens (tertiary/aromatic N) is 2. The van der Waals surface area contributed by atoms with Crippen molar-refractivity contribution < 1.29 is 9.18 Å². The van der Waals surface area contributed by atoms with Gasteiger partial charge in [-0.05, 0) is 57.1 Å². The number of aromatic nitrogens is 2. The fraction of sp³-hybridized carbons (Fsp3) is 0.455.